The Balaban J connectivity index is 0.948. The van der Waals surface area contributed by atoms with Crippen LogP contribution in [-0.2, 0) is 0 Å². The summed E-state index contributed by atoms with van der Waals surface area (Å²) in [4.78, 5) is 2.37. The molecule has 0 fully saturated rings. The van der Waals surface area contributed by atoms with Crippen molar-refractivity contribution in [1.29, 1.82) is 0 Å². The fourth-order valence-electron chi connectivity index (χ4n) is 8.98. The minimum absolute atomic E-state index is 1.09. The van der Waals surface area contributed by atoms with E-state index in [1.807, 2.05) is 0 Å². The van der Waals surface area contributed by atoms with Crippen molar-refractivity contribution in [2.45, 2.75) is 0 Å². The zero-order chi connectivity index (χ0) is 41.2. The van der Waals surface area contributed by atoms with Gasteiger partial charge < -0.3 is 9.47 Å². The molecular formula is C60H42N2. The quantitative estimate of drug-likeness (QED) is 0.141. The summed E-state index contributed by atoms with van der Waals surface area (Å²) in [6, 6.07) is 92.0. The molecule has 0 radical (unpaired) electrons. The second-order valence-corrected chi connectivity index (χ2v) is 15.8. The molecule has 11 aromatic rings. The van der Waals surface area contributed by atoms with Crippen LogP contribution < -0.4 is 4.90 Å². The van der Waals surface area contributed by atoms with Gasteiger partial charge >= 0.3 is 0 Å². The topological polar surface area (TPSA) is 8.17 Å². The molecule has 0 amide bonds. The summed E-state index contributed by atoms with van der Waals surface area (Å²) in [5, 5.41) is 2.53. The first kappa shape index (κ1) is 36.8. The molecule has 0 bridgehead atoms. The summed E-state index contributed by atoms with van der Waals surface area (Å²) in [7, 11) is 0. The number of nitrogens with zero attached hydrogens (tertiary/aromatic N) is 2. The summed E-state index contributed by atoms with van der Waals surface area (Å²) in [6.45, 7) is 0. The maximum absolute atomic E-state index is 2.41. The van der Waals surface area contributed by atoms with Crippen LogP contribution >= 0.6 is 0 Å². The van der Waals surface area contributed by atoms with Crippen LogP contribution in [0.3, 0.4) is 0 Å². The number of hydrogen-bond donors (Lipinski definition) is 0. The molecule has 1 heterocycles. The van der Waals surface area contributed by atoms with Crippen LogP contribution in [-0.4, -0.2) is 4.57 Å². The van der Waals surface area contributed by atoms with E-state index in [-0.39, 0.29) is 0 Å². The first-order chi connectivity index (χ1) is 30.7. The first-order valence-electron chi connectivity index (χ1n) is 21.3. The fourth-order valence-corrected chi connectivity index (χ4v) is 8.98. The molecule has 292 valence electrons. The molecule has 11 rings (SSSR count). The van der Waals surface area contributed by atoms with E-state index in [9.17, 15) is 0 Å². The van der Waals surface area contributed by atoms with Gasteiger partial charge in [-0.2, -0.15) is 0 Å². The van der Waals surface area contributed by atoms with Crippen molar-refractivity contribution in [3.8, 4) is 61.3 Å². The van der Waals surface area contributed by atoms with Crippen molar-refractivity contribution in [2.24, 2.45) is 0 Å². The fraction of sp³-hybridized carbons (Fsp3) is 0. The van der Waals surface area contributed by atoms with Gasteiger partial charge in [0.2, 0.25) is 0 Å². The van der Waals surface area contributed by atoms with Gasteiger partial charge in [-0.3, -0.25) is 0 Å². The Kier molecular flexibility index (Phi) is 9.57. The van der Waals surface area contributed by atoms with E-state index in [2.05, 4.69) is 264 Å². The summed E-state index contributed by atoms with van der Waals surface area (Å²) in [6.07, 6.45) is 0. The van der Waals surface area contributed by atoms with E-state index < -0.39 is 0 Å². The third-order valence-corrected chi connectivity index (χ3v) is 12.0. The average molecular weight is 791 g/mol. The van der Waals surface area contributed by atoms with Crippen molar-refractivity contribution >= 4 is 38.9 Å². The molecule has 0 unspecified atom stereocenters. The van der Waals surface area contributed by atoms with Gasteiger partial charge in [-0.25, -0.2) is 0 Å². The summed E-state index contributed by atoms with van der Waals surface area (Å²) in [5.41, 5.74) is 18.7. The molecule has 0 atom stereocenters. The van der Waals surface area contributed by atoms with Crippen LogP contribution in [0.2, 0.25) is 0 Å². The molecule has 0 saturated heterocycles. The highest BCUT2D eigenvalue weighted by atomic mass is 15.1. The molecule has 0 aliphatic rings. The highest BCUT2D eigenvalue weighted by Crippen LogP contribution is 2.41. The zero-order valence-corrected chi connectivity index (χ0v) is 34.1. The molecule has 10 aromatic carbocycles. The van der Waals surface area contributed by atoms with E-state index in [0.29, 0.717) is 0 Å². The molecule has 0 aliphatic carbocycles. The minimum atomic E-state index is 1.09. The molecular weight excluding hydrogens is 749 g/mol. The maximum atomic E-state index is 2.41. The van der Waals surface area contributed by atoms with Crippen LogP contribution in [0.5, 0.6) is 0 Å². The third-order valence-electron chi connectivity index (χ3n) is 12.0. The van der Waals surface area contributed by atoms with E-state index in [0.717, 1.165) is 17.1 Å². The lowest BCUT2D eigenvalue weighted by molar-refractivity contribution is 1.18. The summed E-state index contributed by atoms with van der Waals surface area (Å²) < 4.78 is 2.41. The number of aromatic nitrogens is 1. The minimum Gasteiger partial charge on any atom is -0.310 e. The van der Waals surface area contributed by atoms with E-state index >= 15 is 0 Å². The van der Waals surface area contributed by atoms with Gasteiger partial charge in [-0.15, -0.1) is 0 Å². The normalized spacial score (nSPS) is 11.2. The largest absolute Gasteiger partial charge is 0.310 e. The van der Waals surface area contributed by atoms with E-state index in [1.54, 1.807) is 0 Å². The third kappa shape index (κ3) is 6.94. The molecule has 62 heavy (non-hydrogen) atoms. The van der Waals surface area contributed by atoms with Gasteiger partial charge in [-0.05, 0) is 111 Å². The Hall–Kier alpha value is -8.20. The van der Waals surface area contributed by atoms with Crippen molar-refractivity contribution in [1.82, 2.24) is 4.57 Å². The lowest BCUT2D eigenvalue weighted by Crippen LogP contribution is -2.10. The Morgan fingerprint density at radius 1 is 0.242 bits per heavy atom. The SMILES string of the molecule is c1ccc(-c2cccc(-c3cccc(N(c4ccc(-c5ccc(-c6ccccc6-n6c7ccccc7c7ccccc76)cc5)cc4)c4cccc(-c5ccccc5)c4)c3)c2)cc1. The predicted molar refractivity (Wildman–Crippen MR) is 263 cm³/mol. The van der Waals surface area contributed by atoms with Gasteiger partial charge in [0.05, 0.1) is 16.7 Å². The van der Waals surface area contributed by atoms with Crippen LogP contribution in [0.25, 0.3) is 83.1 Å². The Labute approximate surface area is 362 Å². The average Bonchev–Trinajstić information content (AvgIpc) is 3.69. The monoisotopic (exact) mass is 790 g/mol. The lowest BCUT2D eigenvalue weighted by atomic mass is 9.98. The number of benzene rings is 10. The van der Waals surface area contributed by atoms with Crippen molar-refractivity contribution < 1.29 is 0 Å². The van der Waals surface area contributed by atoms with Gasteiger partial charge in [0.15, 0.2) is 0 Å². The number of fused-ring (bicyclic) bond motifs is 3. The first-order valence-corrected chi connectivity index (χ1v) is 21.3. The molecule has 0 spiro atoms. The van der Waals surface area contributed by atoms with Gasteiger partial charge in [-0.1, -0.05) is 194 Å². The van der Waals surface area contributed by atoms with Gasteiger partial charge in [0.1, 0.15) is 0 Å². The predicted octanol–water partition coefficient (Wildman–Crippen LogP) is 16.6. The highest BCUT2D eigenvalue weighted by Gasteiger charge is 2.17. The highest BCUT2D eigenvalue weighted by molar-refractivity contribution is 6.09. The molecule has 0 aliphatic heterocycles. The van der Waals surface area contributed by atoms with Crippen LogP contribution in [0.1, 0.15) is 0 Å². The maximum Gasteiger partial charge on any atom is 0.0541 e. The molecule has 2 heteroatoms. The number of anilines is 3. The van der Waals surface area contributed by atoms with Crippen molar-refractivity contribution in [3.63, 3.8) is 0 Å². The Morgan fingerprint density at radius 3 is 1.21 bits per heavy atom. The second-order valence-electron chi connectivity index (χ2n) is 15.8. The smallest absolute Gasteiger partial charge is 0.0541 e. The summed E-state index contributed by atoms with van der Waals surface area (Å²) >= 11 is 0. The van der Waals surface area contributed by atoms with Crippen molar-refractivity contribution in [3.05, 3.63) is 255 Å². The second kappa shape index (κ2) is 16.1. The number of hydrogen-bond acceptors (Lipinski definition) is 1. The zero-order valence-electron chi connectivity index (χ0n) is 34.1. The van der Waals surface area contributed by atoms with Gasteiger partial charge in [0.25, 0.3) is 0 Å². The molecule has 1 aromatic heterocycles. The molecule has 0 saturated carbocycles. The molecule has 2 nitrogen and oxygen atoms in total. The lowest BCUT2D eigenvalue weighted by Gasteiger charge is -2.27. The van der Waals surface area contributed by atoms with Gasteiger partial charge in [0, 0.05) is 33.4 Å². The van der Waals surface area contributed by atoms with E-state index in [1.165, 1.54) is 83.1 Å². The summed E-state index contributed by atoms with van der Waals surface area (Å²) in [5.74, 6) is 0. The van der Waals surface area contributed by atoms with Crippen LogP contribution in [0.15, 0.2) is 255 Å². The standard InChI is InChI=1S/C60H42N2/c1-3-16-43(17-4-1)48-20-13-21-49(40-48)51-23-15-25-54(42-51)61(53-24-14-22-50(41-53)44-18-5-2-6-19-44)52-38-36-46(37-39-52)45-32-34-47(35-33-45)55-26-7-10-29-58(55)62-59-30-11-8-27-56(59)57-28-9-12-31-60(57)62/h1-42H. The number of rotatable bonds is 9. The molecule has 0 N–H and O–H groups in total. The van der Waals surface area contributed by atoms with Crippen LogP contribution in [0.4, 0.5) is 17.1 Å². The van der Waals surface area contributed by atoms with Crippen LogP contribution in [0, 0.1) is 0 Å². The Bertz CT molecular complexity index is 3270. The Morgan fingerprint density at radius 2 is 0.629 bits per heavy atom. The number of para-hydroxylation sites is 3. The van der Waals surface area contributed by atoms with Crippen molar-refractivity contribution in [2.75, 3.05) is 4.90 Å². The van der Waals surface area contributed by atoms with E-state index in [4.69, 9.17) is 0 Å².